The standard InChI is InChI=1S/C19H19ClN4O2/c1-13-11-24(19(21)23-13)22-10-15-8-16(20)18(17(9-15)25-2)26-12-14-6-4-3-5-7-14/h3-11H,12H2,1-2H3,(H2,21,23). The molecule has 0 atom stereocenters. The second-order valence-electron chi connectivity index (χ2n) is 5.64. The van der Waals surface area contributed by atoms with Crippen molar-refractivity contribution in [2.45, 2.75) is 13.5 Å². The van der Waals surface area contributed by atoms with Crippen molar-refractivity contribution in [3.05, 3.63) is 70.5 Å². The molecule has 0 aliphatic carbocycles. The molecule has 0 aliphatic rings. The average Bonchev–Trinajstić information content (AvgIpc) is 2.96. The SMILES string of the molecule is COc1cc(C=Nn2cc(C)nc2N)cc(Cl)c1OCc1ccccc1. The molecule has 2 N–H and O–H groups in total. The second-order valence-corrected chi connectivity index (χ2v) is 6.05. The Morgan fingerprint density at radius 3 is 2.69 bits per heavy atom. The largest absolute Gasteiger partial charge is 0.493 e. The number of halogens is 1. The minimum atomic E-state index is 0.319. The van der Waals surface area contributed by atoms with E-state index in [0.29, 0.717) is 29.1 Å². The van der Waals surface area contributed by atoms with Gasteiger partial charge >= 0.3 is 0 Å². The predicted octanol–water partition coefficient (Wildman–Crippen LogP) is 3.90. The van der Waals surface area contributed by atoms with Gasteiger partial charge in [-0.25, -0.2) is 9.66 Å². The lowest BCUT2D eigenvalue weighted by molar-refractivity contribution is 0.284. The van der Waals surface area contributed by atoms with Crippen LogP contribution in [0.25, 0.3) is 0 Å². The summed E-state index contributed by atoms with van der Waals surface area (Å²) in [6.07, 6.45) is 3.37. The summed E-state index contributed by atoms with van der Waals surface area (Å²) in [5.74, 6) is 1.34. The number of ether oxygens (including phenoxy) is 2. The van der Waals surface area contributed by atoms with E-state index in [-0.39, 0.29) is 0 Å². The van der Waals surface area contributed by atoms with E-state index in [1.807, 2.05) is 37.3 Å². The van der Waals surface area contributed by atoms with Crippen molar-refractivity contribution >= 4 is 23.8 Å². The van der Waals surface area contributed by atoms with Gasteiger partial charge < -0.3 is 15.2 Å². The maximum atomic E-state index is 6.39. The predicted molar refractivity (Wildman–Crippen MR) is 103 cm³/mol. The molecule has 0 aliphatic heterocycles. The molecule has 0 fully saturated rings. The monoisotopic (exact) mass is 370 g/mol. The molecule has 0 saturated heterocycles. The number of aromatic nitrogens is 2. The summed E-state index contributed by atoms with van der Waals surface area (Å²) in [7, 11) is 1.57. The van der Waals surface area contributed by atoms with Crippen molar-refractivity contribution in [2.24, 2.45) is 5.10 Å². The van der Waals surface area contributed by atoms with Gasteiger partial charge in [0, 0.05) is 0 Å². The Morgan fingerprint density at radius 1 is 1.27 bits per heavy atom. The zero-order valence-corrected chi connectivity index (χ0v) is 15.3. The second kappa shape index (κ2) is 7.93. The van der Waals surface area contributed by atoms with Gasteiger partial charge in [0.25, 0.3) is 0 Å². The van der Waals surface area contributed by atoms with E-state index in [1.165, 1.54) is 4.68 Å². The first-order valence-corrected chi connectivity index (χ1v) is 8.34. The summed E-state index contributed by atoms with van der Waals surface area (Å²) < 4.78 is 12.8. The molecule has 3 aromatic rings. The van der Waals surface area contributed by atoms with Gasteiger partial charge in [-0.2, -0.15) is 5.10 Å². The lowest BCUT2D eigenvalue weighted by Crippen LogP contribution is -2.00. The fourth-order valence-electron chi connectivity index (χ4n) is 2.41. The molecule has 6 nitrogen and oxygen atoms in total. The fraction of sp³-hybridized carbons (Fsp3) is 0.158. The third-order valence-corrected chi connectivity index (χ3v) is 3.92. The highest BCUT2D eigenvalue weighted by Gasteiger charge is 2.12. The summed E-state index contributed by atoms with van der Waals surface area (Å²) in [6, 6.07) is 13.4. The number of nitrogen functional groups attached to an aromatic ring is 1. The molecule has 26 heavy (non-hydrogen) atoms. The summed E-state index contributed by atoms with van der Waals surface area (Å²) in [6.45, 7) is 2.25. The number of anilines is 1. The first kappa shape index (κ1) is 17.8. The van der Waals surface area contributed by atoms with E-state index >= 15 is 0 Å². The molecule has 3 rings (SSSR count). The van der Waals surface area contributed by atoms with Crippen molar-refractivity contribution in [1.82, 2.24) is 9.66 Å². The number of hydrogen-bond donors (Lipinski definition) is 1. The van der Waals surface area contributed by atoms with Crippen molar-refractivity contribution in [2.75, 3.05) is 12.8 Å². The van der Waals surface area contributed by atoms with Crippen LogP contribution in [0.1, 0.15) is 16.8 Å². The van der Waals surface area contributed by atoms with Crippen molar-refractivity contribution in [3.8, 4) is 11.5 Å². The quantitative estimate of drug-likeness (QED) is 0.668. The zero-order valence-electron chi connectivity index (χ0n) is 14.5. The van der Waals surface area contributed by atoms with Crippen molar-refractivity contribution in [1.29, 1.82) is 0 Å². The Bertz CT molecular complexity index is 923. The van der Waals surface area contributed by atoms with E-state index in [9.17, 15) is 0 Å². The molecule has 1 heterocycles. The molecule has 0 spiro atoms. The van der Waals surface area contributed by atoms with Crippen molar-refractivity contribution in [3.63, 3.8) is 0 Å². The highest BCUT2D eigenvalue weighted by molar-refractivity contribution is 6.32. The number of aryl methyl sites for hydroxylation is 1. The molecule has 7 heteroatoms. The Kier molecular flexibility index (Phi) is 5.43. The van der Waals surface area contributed by atoms with Gasteiger partial charge in [0.05, 0.1) is 30.2 Å². The lowest BCUT2D eigenvalue weighted by Gasteiger charge is -2.13. The molecule has 0 bridgehead atoms. The van der Waals surface area contributed by atoms with E-state index in [2.05, 4.69) is 10.1 Å². The van der Waals surface area contributed by atoms with Crippen LogP contribution in [-0.2, 0) is 6.61 Å². The Labute approximate surface area is 156 Å². The van der Waals surface area contributed by atoms with Crippen LogP contribution in [0.15, 0.2) is 53.8 Å². The highest BCUT2D eigenvalue weighted by atomic mass is 35.5. The molecule has 0 amide bonds. The molecule has 0 radical (unpaired) electrons. The number of nitrogens with zero attached hydrogens (tertiary/aromatic N) is 3. The van der Waals surface area contributed by atoms with Gasteiger partial charge in [-0.15, -0.1) is 0 Å². The van der Waals surface area contributed by atoms with E-state index in [1.54, 1.807) is 31.7 Å². The number of hydrogen-bond acceptors (Lipinski definition) is 5. The number of methoxy groups -OCH3 is 1. The van der Waals surface area contributed by atoms with Crippen LogP contribution in [0.2, 0.25) is 5.02 Å². The van der Waals surface area contributed by atoms with Crippen LogP contribution >= 0.6 is 11.6 Å². The Hall–Kier alpha value is -2.99. The zero-order chi connectivity index (χ0) is 18.5. The molecule has 0 saturated carbocycles. The summed E-state index contributed by atoms with van der Waals surface area (Å²) in [5.41, 5.74) is 8.37. The number of benzene rings is 2. The van der Waals surface area contributed by atoms with E-state index < -0.39 is 0 Å². The lowest BCUT2D eigenvalue weighted by atomic mass is 10.2. The van der Waals surface area contributed by atoms with Gasteiger partial charge in [-0.3, -0.25) is 0 Å². The molecular weight excluding hydrogens is 352 g/mol. The van der Waals surface area contributed by atoms with Gasteiger partial charge in [0.1, 0.15) is 6.61 Å². The molecular formula is C19H19ClN4O2. The summed E-state index contributed by atoms with van der Waals surface area (Å²) >= 11 is 6.39. The Balaban J connectivity index is 1.81. The average molecular weight is 371 g/mol. The highest BCUT2D eigenvalue weighted by Crippen LogP contribution is 2.36. The van der Waals surface area contributed by atoms with Crippen LogP contribution in [0.3, 0.4) is 0 Å². The normalized spacial score (nSPS) is 11.0. The molecule has 2 aromatic carbocycles. The minimum absolute atomic E-state index is 0.319. The summed E-state index contributed by atoms with van der Waals surface area (Å²) in [4.78, 5) is 4.10. The van der Waals surface area contributed by atoms with Gasteiger partial charge in [0.2, 0.25) is 5.95 Å². The van der Waals surface area contributed by atoms with Crippen LogP contribution in [-0.4, -0.2) is 23.0 Å². The van der Waals surface area contributed by atoms with Gasteiger partial charge in [0.15, 0.2) is 11.5 Å². The maximum Gasteiger partial charge on any atom is 0.221 e. The number of imidazole rings is 1. The van der Waals surface area contributed by atoms with Crippen molar-refractivity contribution < 1.29 is 9.47 Å². The minimum Gasteiger partial charge on any atom is -0.493 e. The van der Waals surface area contributed by atoms with Crippen LogP contribution in [0.4, 0.5) is 5.95 Å². The topological polar surface area (TPSA) is 74.7 Å². The van der Waals surface area contributed by atoms with Gasteiger partial charge in [-0.1, -0.05) is 41.9 Å². The third kappa shape index (κ3) is 4.15. The first-order chi connectivity index (χ1) is 12.6. The third-order valence-electron chi connectivity index (χ3n) is 3.64. The van der Waals surface area contributed by atoms with E-state index in [4.69, 9.17) is 26.8 Å². The molecule has 1 aromatic heterocycles. The van der Waals surface area contributed by atoms with Crippen LogP contribution in [0.5, 0.6) is 11.5 Å². The maximum absolute atomic E-state index is 6.39. The Morgan fingerprint density at radius 2 is 2.04 bits per heavy atom. The van der Waals surface area contributed by atoms with Crippen LogP contribution < -0.4 is 15.2 Å². The number of rotatable bonds is 6. The molecule has 134 valence electrons. The van der Waals surface area contributed by atoms with Crippen LogP contribution in [0, 0.1) is 6.92 Å². The first-order valence-electron chi connectivity index (χ1n) is 7.97. The fourth-order valence-corrected chi connectivity index (χ4v) is 2.68. The number of nitrogens with two attached hydrogens (primary N) is 1. The van der Waals surface area contributed by atoms with E-state index in [0.717, 1.165) is 16.8 Å². The smallest absolute Gasteiger partial charge is 0.221 e. The summed E-state index contributed by atoms with van der Waals surface area (Å²) in [5, 5.41) is 4.73. The molecule has 0 unspecified atom stereocenters. The van der Waals surface area contributed by atoms with Gasteiger partial charge in [-0.05, 0) is 30.2 Å².